The molecule has 3 N–H and O–H groups in total. The number of β-amino-alcohol motifs (C(OH)–C–C–N with tert-alkyl or cyclic N) is 1. The molecule has 5 heterocycles. The van der Waals surface area contributed by atoms with Crippen LogP contribution in [0.4, 0.5) is 17.2 Å². The van der Waals surface area contributed by atoms with Gasteiger partial charge in [-0.05, 0) is 86.3 Å². The second-order valence-electron chi connectivity index (χ2n) is 11.5. The number of hydrogen-bond acceptors (Lipinski definition) is 7. The van der Waals surface area contributed by atoms with E-state index in [9.17, 15) is 9.90 Å². The number of aromatic nitrogens is 3. The minimum atomic E-state index is -0.303. The topological polar surface area (TPSA) is 98.5 Å². The molecule has 1 atom stereocenters. The molecule has 2 aliphatic heterocycles. The Labute approximate surface area is 233 Å². The standard InChI is InChI=1S/C31H35N7O2/c1-36(2)17-24-26(38-14-12-18(39)16-38)9-10-27(35-24)34-23-8-7-19(22-15-33-31(40)29(22)23)20-11-13-32-30-28(20)21-5-4-6-25(21)37(30)3/h7-11,13,18,39H,4-6,12,14-17H2,1-3H3,(H,33,40)(H,34,35)/t18-/m0/s1. The number of benzene rings is 1. The van der Waals surface area contributed by atoms with Gasteiger partial charge in [0.15, 0.2) is 0 Å². The highest BCUT2D eigenvalue weighted by molar-refractivity contribution is 6.08. The van der Waals surface area contributed by atoms with Crippen molar-refractivity contribution in [2.24, 2.45) is 7.05 Å². The number of aliphatic hydroxyl groups excluding tert-OH is 1. The van der Waals surface area contributed by atoms with Crippen LogP contribution in [0.5, 0.6) is 0 Å². The molecule has 0 spiro atoms. The number of nitrogens with zero attached hydrogens (tertiary/aromatic N) is 5. The molecule has 4 aromatic rings. The molecule has 206 valence electrons. The molecule has 0 bridgehead atoms. The molecule has 7 rings (SSSR count). The molecule has 1 saturated heterocycles. The summed E-state index contributed by atoms with van der Waals surface area (Å²) >= 11 is 0. The van der Waals surface area contributed by atoms with Crippen molar-refractivity contribution < 1.29 is 9.90 Å². The summed E-state index contributed by atoms with van der Waals surface area (Å²) in [5.74, 6) is 0.626. The Bertz CT molecular complexity index is 1660. The molecule has 3 aromatic heterocycles. The van der Waals surface area contributed by atoms with Gasteiger partial charge >= 0.3 is 0 Å². The zero-order valence-corrected chi connectivity index (χ0v) is 23.3. The molecule has 1 fully saturated rings. The third-order valence-corrected chi connectivity index (χ3v) is 8.58. The molecule has 0 saturated carbocycles. The summed E-state index contributed by atoms with van der Waals surface area (Å²) in [5, 5.41) is 17.8. The number of carbonyl (C=O) groups excluding carboxylic acids is 1. The maximum absolute atomic E-state index is 13.2. The van der Waals surface area contributed by atoms with E-state index in [0.29, 0.717) is 31.0 Å². The number of anilines is 3. The Hall–Kier alpha value is -3.95. The van der Waals surface area contributed by atoms with Crippen LogP contribution in [0.25, 0.3) is 22.2 Å². The third-order valence-electron chi connectivity index (χ3n) is 8.58. The van der Waals surface area contributed by atoms with Crippen molar-refractivity contribution in [3.63, 3.8) is 0 Å². The number of aryl methyl sites for hydroxylation is 2. The summed E-state index contributed by atoms with van der Waals surface area (Å²) in [7, 11) is 6.16. The van der Waals surface area contributed by atoms with Crippen LogP contribution in [0.3, 0.4) is 0 Å². The fourth-order valence-corrected chi connectivity index (χ4v) is 6.79. The maximum atomic E-state index is 13.2. The van der Waals surface area contributed by atoms with E-state index >= 15 is 0 Å². The van der Waals surface area contributed by atoms with Crippen LogP contribution >= 0.6 is 0 Å². The van der Waals surface area contributed by atoms with Crippen molar-refractivity contribution in [1.29, 1.82) is 0 Å². The monoisotopic (exact) mass is 537 g/mol. The lowest BCUT2D eigenvalue weighted by molar-refractivity contribution is 0.0966. The number of carbonyl (C=O) groups is 1. The van der Waals surface area contributed by atoms with E-state index in [4.69, 9.17) is 9.97 Å². The quantitative estimate of drug-likeness (QED) is 0.345. The van der Waals surface area contributed by atoms with E-state index in [1.807, 2.05) is 32.4 Å². The Kier molecular flexibility index (Phi) is 6.01. The van der Waals surface area contributed by atoms with E-state index in [0.717, 1.165) is 65.2 Å². The lowest BCUT2D eigenvalue weighted by atomic mass is 9.93. The molecule has 9 heteroatoms. The van der Waals surface area contributed by atoms with E-state index < -0.39 is 0 Å². The van der Waals surface area contributed by atoms with Crippen molar-refractivity contribution in [3.05, 3.63) is 64.6 Å². The molecule has 0 radical (unpaired) electrons. The first-order chi connectivity index (χ1) is 19.4. The summed E-state index contributed by atoms with van der Waals surface area (Å²) in [6.45, 7) is 2.61. The predicted octanol–water partition coefficient (Wildman–Crippen LogP) is 3.74. The van der Waals surface area contributed by atoms with Crippen LogP contribution < -0.4 is 15.5 Å². The van der Waals surface area contributed by atoms with E-state index in [-0.39, 0.29) is 12.0 Å². The average Bonchev–Trinajstić information content (AvgIpc) is 3.71. The molecule has 1 aromatic carbocycles. The van der Waals surface area contributed by atoms with Crippen molar-refractivity contribution in [2.45, 2.75) is 44.9 Å². The van der Waals surface area contributed by atoms with Crippen LogP contribution in [0.1, 0.15) is 45.7 Å². The van der Waals surface area contributed by atoms with Gasteiger partial charge in [0, 0.05) is 50.5 Å². The van der Waals surface area contributed by atoms with Crippen LogP contribution in [0.15, 0.2) is 36.5 Å². The van der Waals surface area contributed by atoms with Gasteiger partial charge in [-0.25, -0.2) is 9.97 Å². The zero-order chi connectivity index (χ0) is 27.5. The molecule has 1 amide bonds. The van der Waals surface area contributed by atoms with Gasteiger partial charge in [0.2, 0.25) is 0 Å². The summed E-state index contributed by atoms with van der Waals surface area (Å²) in [6, 6.07) is 10.3. The van der Waals surface area contributed by atoms with Crippen molar-refractivity contribution >= 4 is 34.1 Å². The van der Waals surface area contributed by atoms with Crippen molar-refractivity contribution in [1.82, 2.24) is 24.8 Å². The first-order valence-electron chi connectivity index (χ1n) is 14.1. The number of aliphatic hydroxyl groups is 1. The van der Waals surface area contributed by atoms with Gasteiger partial charge in [0.1, 0.15) is 11.5 Å². The molecule has 0 unspecified atom stereocenters. The summed E-state index contributed by atoms with van der Waals surface area (Å²) in [6.07, 6.45) is 5.67. The Morgan fingerprint density at radius 3 is 2.80 bits per heavy atom. The number of fused-ring (bicyclic) bond motifs is 4. The predicted molar refractivity (Wildman–Crippen MR) is 157 cm³/mol. The zero-order valence-electron chi connectivity index (χ0n) is 23.3. The van der Waals surface area contributed by atoms with Gasteiger partial charge in [-0.2, -0.15) is 0 Å². The smallest absolute Gasteiger partial charge is 0.254 e. The Balaban J connectivity index is 1.28. The summed E-state index contributed by atoms with van der Waals surface area (Å²) in [5.41, 5.74) is 10.4. The van der Waals surface area contributed by atoms with Crippen molar-refractivity contribution in [3.8, 4) is 11.1 Å². The summed E-state index contributed by atoms with van der Waals surface area (Å²) < 4.78 is 2.24. The highest BCUT2D eigenvalue weighted by Crippen LogP contribution is 2.41. The third kappa shape index (κ3) is 4.03. The highest BCUT2D eigenvalue weighted by atomic mass is 16.3. The van der Waals surface area contributed by atoms with Gasteiger partial charge in [-0.15, -0.1) is 0 Å². The van der Waals surface area contributed by atoms with E-state index in [1.54, 1.807) is 0 Å². The number of hydrogen-bond donors (Lipinski definition) is 3. The summed E-state index contributed by atoms with van der Waals surface area (Å²) in [4.78, 5) is 27.2. The minimum Gasteiger partial charge on any atom is -0.391 e. The molecular weight excluding hydrogens is 502 g/mol. The lowest BCUT2D eigenvalue weighted by Crippen LogP contribution is -2.24. The fraction of sp³-hybridized carbons (Fsp3) is 0.387. The van der Waals surface area contributed by atoms with Gasteiger partial charge < -0.3 is 30.1 Å². The number of pyridine rings is 2. The van der Waals surface area contributed by atoms with Gasteiger partial charge in [0.25, 0.3) is 5.91 Å². The Morgan fingerprint density at radius 1 is 1.12 bits per heavy atom. The molecule has 1 aliphatic carbocycles. The molecule has 9 nitrogen and oxygen atoms in total. The number of amides is 1. The second-order valence-corrected chi connectivity index (χ2v) is 11.5. The van der Waals surface area contributed by atoms with Gasteiger partial charge in [0.05, 0.1) is 28.7 Å². The second kappa shape index (κ2) is 9.60. The minimum absolute atomic E-state index is 0.0702. The first-order valence-corrected chi connectivity index (χ1v) is 14.1. The van der Waals surface area contributed by atoms with Crippen LogP contribution in [-0.2, 0) is 33.0 Å². The average molecular weight is 538 g/mol. The largest absolute Gasteiger partial charge is 0.391 e. The molecule has 3 aliphatic rings. The van der Waals surface area contributed by atoms with Gasteiger partial charge in [-0.1, -0.05) is 6.07 Å². The lowest BCUT2D eigenvalue weighted by Gasteiger charge is -2.23. The molecule has 40 heavy (non-hydrogen) atoms. The number of nitrogens with one attached hydrogen (secondary N) is 2. The van der Waals surface area contributed by atoms with Crippen molar-refractivity contribution in [2.75, 3.05) is 37.4 Å². The van der Waals surface area contributed by atoms with E-state index in [1.165, 1.54) is 23.1 Å². The fourth-order valence-electron chi connectivity index (χ4n) is 6.79. The van der Waals surface area contributed by atoms with Crippen LogP contribution in [0, 0.1) is 0 Å². The van der Waals surface area contributed by atoms with Crippen LogP contribution in [-0.4, -0.2) is 63.7 Å². The number of rotatable bonds is 6. The van der Waals surface area contributed by atoms with Crippen LogP contribution in [0.2, 0.25) is 0 Å². The first kappa shape index (κ1) is 25.0. The Morgan fingerprint density at radius 2 is 2.00 bits per heavy atom. The normalized spacial score (nSPS) is 18.1. The highest BCUT2D eigenvalue weighted by Gasteiger charge is 2.30. The van der Waals surface area contributed by atoms with Gasteiger partial charge in [-0.3, -0.25) is 4.79 Å². The SMILES string of the molecule is CN(C)Cc1nc(Nc2ccc(-c3ccnc4c3c3c(n4C)CCC3)c3c2C(=O)NC3)ccc1N1CC[C@H](O)C1. The van der Waals surface area contributed by atoms with E-state index in [2.05, 4.69) is 50.2 Å². The molecular formula is C31H35N7O2. The maximum Gasteiger partial charge on any atom is 0.254 e.